The van der Waals surface area contributed by atoms with Gasteiger partial charge in [-0.1, -0.05) is 23.2 Å². The first-order chi connectivity index (χ1) is 11.8. The summed E-state index contributed by atoms with van der Waals surface area (Å²) in [6, 6.07) is 3.58. The molecule has 1 heterocycles. The van der Waals surface area contributed by atoms with Crippen LogP contribution < -0.4 is 4.74 Å². The number of carboxylic acids is 2. The van der Waals surface area contributed by atoms with Crippen molar-refractivity contribution in [2.24, 2.45) is 0 Å². The van der Waals surface area contributed by atoms with Gasteiger partial charge in [0.2, 0.25) is 0 Å². The fourth-order valence-corrected chi connectivity index (χ4v) is 2.81. The third kappa shape index (κ3) is 8.40. The molecule has 7 nitrogen and oxygen atoms in total. The molecule has 1 saturated heterocycles. The Balaban J connectivity index is 0.000000450. The van der Waals surface area contributed by atoms with Crippen LogP contribution in [0.5, 0.6) is 5.75 Å². The van der Waals surface area contributed by atoms with Crippen molar-refractivity contribution in [3.63, 3.8) is 0 Å². The minimum atomic E-state index is -1.82. The van der Waals surface area contributed by atoms with Crippen LogP contribution in [0.3, 0.4) is 0 Å². The number of morpholine rings is 1. The van der Waals surface area contributed by atoms with E-state index in [1.165, 1.54) is 0 Å². The van der Waals surface area contributed by atoms with Gasteiger partial charge in [0.15, 0.2) is 0 Å². The first kappa shape index (κ1) is 21.5. The van der Waals surface area contributed by atoms with E-state index in [-0.39, 0.29) is 0 Å². The molecule has 0 unspecified atom stereocenters. The van der Waals surface area contributed by atoms with E-state index < -0.39 is 11.9 Å². The maximum absolute atomic E-state index is 9.10. The van der Waals surface area contributed by atoms with Gasteiger partial charge in [0.1, 0.15) is 5.75 Å². The number of nitrogens with zero attached hydrogens (tertiary/aromatic N) is 1. The normalized spacial score (nSPS) is 14.4. The van der Waals surface area contributed by atoms with Crippen LogP contribution in [0.25, 0.3) is 0 Å². The number of aliphatic carboxylic acids is 2. The van der Waals surface area contributed by atoms with Crippen LogP contribution in [0.4, 0.5) is 0 Å². The highest BCUT2D eigenvalue weighted by Crippen LogP contribution is 2.31. The lowest BCUT2D eigenvalue weighted by Gasteiger charge is -2.26. The van der Waals surface area contributed by atoms with Gasteiger partial charge in [-0.15, -0.1) is 0 Å². The lowest BCUT2D eigenvalue weighted by atomic mass is 10.2. The zero-order chi connectivity index (χ0) is 18.8. The van der Waals surface area contributed by atoms with Gasteiger partial charge >= 0.3 is 11.9 Å². The third-order valence-electron chi connectivity index (χ3n) is 3.35. The Morgan fingerprint density at radius 3 is 2.32 bits per heavy atom. The summed E-state index contributed by atoms with van der Waals surface area (Å²) < 4.78 is 11.1. The molecule has 1 aromatic carbocycles. The minimum Gasteiger partial charge on any atom is -0.492 e. The number of hydrogen-bond acceptors (Lipinski definition) is 5. The maximum atomic E-state index is 9.10. The van der Waals surface area contributed by atoms with Gasteiger partial charge in [-0.2, -0.15) is 0 Å². The summed E-state index contributed by atoms with van der Waals surface area (Å²) in [6.45, 7) is 7.36. The van der Waals surface area contributed by atoms with Gasteiger partial charge in [-0.25, -0.2) is 9.59 Å². The lowest BCUT2D eigenvalue weighted by Crippen LogP contribution is -2.37. The van der Waals surface area contributed by atoms with E-state index in [0.29, 0.717) is 16.7 Å². The zero-order valence-electron chi connectivity index (χ0n) is 13.8. The first-order valence-electron chi connectivity index (χ1n) is 7.66. The molecule has 140 valence electrons. The Morgan fingerprint density at radius 1 is 1.20 bits per heavy atom. The van der Waals surface area contributed by atoms with Crippen LogP contribution in [0.1, 0.15) is 12.0 Å². The van der Waals surface area contributed by atoms with Crippen molar-refractivity contribution in [2.75, 3.05) is 39.5 Å². The molecule has 1 fully saturated rings. The van der Waals surface area contributed by atoms with Crippen LogP contribution in [0, 0.1) is 6.92 Å². The van der Waals surface area contributed by atoms with E-state index in [1.807, 2.05) is 13.0 Å². The molecule has 9 heteroatoms. The Kier molecular flexibility index (Phi) is 9.59. The van der Waals surface area contributed by atoms with Crippen molar-refractivity contribution in [1.29, 1.82) is 0 Å². The molecule has 0 bridgehead atoms. The number of benzene rings is 1. The number of carbonyl (C=O) groups is 2. The highest BCUT2D eigenvalue weighted by Gasteiger charge is 2.11. The van der Waals surface area contributed by atoms with Crippen molar-refractivity contribution in [3.8, 4) is 5.75 Å². The quantitative estimate of drug-likeness (QED) is 0.585. The monoisotopic (exact) mass is 393 g/mol. The van der Waals surface area contributed by atoms with Gasteiger partial charge in [-0.3, -0.25) is 4.90 Å². The number of rotatable bonds is 5. The van der Waals surface area contributed by atoms with E-state index in [2.05, 4.69) is 4.90 Å². The summed E-state index contributed by atoms with van der Waals surface area (Å²) in [5.41, 5.74) is 0.976. The Hall–Kier alpha value is -1.54. The van der Waals surface area contributed by atoms with Crippen LogP contribution in [0.15, 0.2) is 12.1 Å². The average molecular weight is 394 g/mol. The molecule has 0 radical (unpaired) electrons. The molecule has 0 atom stereocenters. The summed E-state index contributed by atoms with van der Waals surface area (Å²) >= 11 is 12.1. The Labute approximate surface area is 156 Å². The van der Waals surface area contributed by atoms with E-state index in [4.69, 9.17) is 52.5 Å². The number of ether oxygens (including phenoxy) is 2. The summed E-state index contributed by atoms with van der Waals surface area (Å²) in [7, 11) is 0. The Bertz CT molecular complexity index is 555. The summed E-state index contributed by atoms with van der Waals surface area (Å²) in [5.74, 6) is -2.90. The van der Waals surface area contributed by atoms with E-state index >= 15 is 0 Å². The second-order valence-electron chi connectivity index (χ2n) is 5.30. The van der Waals surface area contributed by atoms with Crippen LogP contribution in [-0.2, 0) is 14.3 Å². The summed E-state index contributed by atoms with van der Waals surface area (Å²) in [6.07, 6.45) is 0.985. The second kappa shape index (κ2) is 11.1. The van der Waals surface area contributed by atoms with Gasteiger partial charge in [0.05, 0.1) is 24.8 Å². The number of hydrogen-bond donors (Lipinski definition) is 2. The van der Waals surface area contributed by atoms with Crippen molar-refractivity contribution in [3.05, 3.63) is 27.7 Å². The molecule has 0 aliphatic carbocycles. The third-order valence-corrected chi connectivity index (χ3v) is 3.84. The van der Waals surface area contributed by atoms with Crippen molar-refractivity contribution < 1.29 is 29.3 Å². The predicted octanol–water partition coefficient (Wildman–Crippen LogP) is 2.56. The maximum Gasteiger partial charge on any atom is 0.414 e. The standard InChI is InChI=1S/C14H19Cl2NO2.C2H2O4/c1-11-9-12(15)10-13(16)14(11)19-6-2-3-17-4-7-18-8-5-17;3-1(4)2(5)6/h9-10H,2-8H2,1H3;(H,3,4)(H,5,6). The largest absolute Gasteiger partial charge is 0.492 e. The van der Waals surface area contributed by atoms with Crippen LogP contribution in [-0.4, -0.2) is 66.5 Å². The molecule has 25 heavy (non-hydrogen) atoms. The topological polar surface area (TPSA) is 96.3 Å². The number of carboxylic acid groups (broad SMARTS) is 2. The second-order valence-corrected chi connectivity index (χ2v) is 6.14. The van der Waals surface area contributed by atoms with Crippen molar-refractivity contribution >= 4 is 35.1 Å². The van der Waals surface area contributed by atoms with E-state index in [1.54, 1.807) is 6.07 Å². The van der Waals surface area contributed by atoms with Gasteiger partial charge < -0.3 is 19.7 Å². The van der Waals surface area contributed by atoms with Crippen LogP contribution in [0.2, 0.25) is 10.0 Å². The number of aryl methyl sites for hydroxylation is 1. The molecule has 0 saturated carbocycles. The van der Waals surface area contributed by atoms with Gasteiger partial charge in [0, 0.05) is 24.7 Å². The molecule has 1 aliphatic heterocycles. The average Bonchev–Trinajstić information content (AvgIpc) is 2.54. The summed E-state index contributed by atoms with van der Waals surface area (Å²) in [5, 5.41) is 16.0. The summed E-state index contributed by atoms with van der Waals surface area (Å²) in [4.78, 5) is 20.6. The molecule has 0 amide bonds. The smallest absolute Gasteiger partial charge is 0.414 e. The number of halogens is 2. The fourth-order valence-electron chi connectivity index (χ4n) is 2.16. The predicted molar refractivity (Wildman–Crippen MR) is 93.8 cm³/mol. The lowest BCUT2D eigenvalue weighted by molar-refractivity contribution is -0.159. The molecule has 1 aliphatic rings. The Morgan fingerprint density at radius 2 is 1.80 bits per heavy atom. The first-order valence-corrected chi connectivity index (χ1v) is 8.41. The minimum absolute atomic E-state index is 0.580. The molecule has 2 N–H and O–H groups in total. The fraction of sp³-hybridized carbons (Fsp3) is 0.500. The highest BCUT2D eigenvalue weighted by atomic mass is 35.5. The molecule has 2 rings (SSSR count). The van der Waals surface area contributed by atoms with Crippen LogP contribution >= 0.6 is 23.2 Å². The SMILES string of the molecule is Cc1cc(Cl)cc(Cl)c1OCCCN1CCOCC1.O=C(O)C(=O)O. The zero-order valence-corrected chi connectivity index (χ0v) is 15.3. The molecular formula is C16H21Cl2NO6. The molecule has 0 aromatic heterocycles. The molecule has 1 aromatic rings. The van der Waals surface area contributed by atoms with Gasteiger partial charge in [0.25, 0.3) is 0 Å². The highest BCUT2D eigenvalue weighted by molar-refractivity contribution is 6.35. The van der Waals surface area contributed by atoms with Gasteiger partial charge in [-0.05, 0) is 31.0 Å². The van der Waals surface area contributed by atoms with Crippen molar-refractivity contribution in [1.82, 2.24) is 4.90 Å². The molecule has 0 spiro atoms. The van der Waals surface area contributed by atoms with Crippen molar-refractivity contribution in [2.45, 2.75) is 13.3 Å². The molecular weight excluding hydrogens is 373 g/mol. The van der Waals surface area contributed by atoms with E-state index in [9.17, 15) is 0 Å². The van der Waals surface area contributed by atoms with E-state index in [0.717, 1.165) is 50.6 Å².